The van der Waals surface area contributed by atoms with Gasteiger partial charge in [-0.15, -0.1) is 24.8 Å². The molecule has 1 saturated heterocycles. The quantitative estimate of drug-likeness (QED) is 0.904. The van der Waals surface area contributed by atoms with Gasteiger partial charge in [0.25, 0.3) is 0 Å². The second-order valence-corrected chi connectivity index (χ2v) is 5.95. The summed E-state index contributed by atoms with van der Waals surface area (Å²) in [4.78, 5) is 2.59. The summed E-state index contributed by atoms with van der Waals surface area (Å²) < 4.78 is 5.85. The summed E-state index contributed by atoms with van der Waals surface area (Å²) in [5.41, 5.74) is 7.35. The Morgan fingerprint density at radius 3 is 2.57 bits per heavy atom. The van der Waals surface area contributed by atoms with Crippen molar-refractivity contribution in [2.75, 3.05) is 26.2 Å². The Bertz CT molecular complexity index is 422. The molecule has 2 N–H and O–H groups in total. The molecule has 0 radical (unpaired) electrons. The molecule has 21 heavy (non-hydrogen) atoms. The number of fused-ring (bicyclic) bond motifs is 1. The van der Waals surface area contributed by atoms with Crippen molar-refractivity contribution >= 4 is 24.8 Å². The molecule has 1 aromatic rings. The average molecular weight is 333 g/mol. The highest BCUT2D eigenvalue weighted by atomic mass is 35.5. The van der Waals surface area contributed by atoms with Crippen molar-refractivity contribution < 1.29 is 4.74 Å². The van der Waals surface area contributed by atoms with E-state index in [1.165, 1.54) is 25.2 Å². The van der Waals surface area contributed by atoms with Gasteiger partial charge in [0, 0.05) is 12.6 Å². The molecule has 2 aliphatic rings. The van der Waals surface area contributed by atoms with Crippen LogP contribution in [0.5, 0.6) is 5.75 Å². The van der Waals surface area contributed by atoms with Crippen LogP contribution < -0.4 is 10.5 Å². The minimum Gasteiger partial charge on any atom is -0.493 e. The lowest BCUT2D eigenvalue weighted by atomic mass is 9.95. The zero-order valence-electron chi connectivity index (χ0n) is 12.4. The molecule has 2 heterocycles. The van der Waals surface area contributed by atoms with Crippen LogP contribution in [0.15, 0.2) is 24.3 Å². The van der Waals surface area contributed by atoms with Gasteiger partial charge in [0.1, 0.15) is 5.75 Å². The second kappa shape index (κ2) is 8.84. The molecule has 1 unspecified atom stereocenters. The molecule has 0 saturated carbocycles. The highest BCUT2D eigenvalue weighted by Gasteiger charge is 2.22. The number of rotatable bonds is 2. The van der Waals surface area contributed by atoms with Gasteiger partial charge in [0.2, 0.25) is 0 Å². The minimum absolute atomic E-state index is 0. The predicted octanol–water partition coefficient (Wildman–Crippen LogP) is 2.89. The molecule has 1 aromatic carbocycles. The fraction of sp³-hybridized carbons (Fsp3) is 0.625. The average Bonchev–Trinajstić information content (AvgIpc) is 2.63. The van der Waals surface area contributed by atoms with Crippen molar-refractivity contribution in [3.63, 3.8) is 0 Å². The van der Waals surface area contributed by atoms with Gasteiger partial charge in [-0.3, -0.25) is 0 Å². The number of hydrogen-bond donors (Lipinski definition) is 1. The van der Waals surface area contributed by atoms with Gasteiger partial charge in [0.15, 0.2) is 0 Å². The van der Waals surface area contributed by atoms with E-state index in [9.17, 15) is 0 Å². The van der Waals surface area contributed by atoms with E-state index in [-0.39, 0.29) is 24.8 Å². The first kappa shape index (κ1) is 18.6. The number of nitrogens with zero attached hydrogens (tertiary/aromatic N) is 1. The molecular weight excluding hydrogens is 307 g/mol. The Hall–Kier alpha value is -0.480. The number of benzene rings is 1. The van der Waals surface area contributed by atoms with Crippen LogP contribution in [0.25, 0.3) is 0 Å². The van der Waals surface area contributed by atoms with Gasteiger partial charge in [-0.25, -0.2) is 0 Å². The summed E-state index contributed by atoms with van der Waals surface area (Å²) in [6.07, 6.45) is 4.62. The molecule has 120 valence electrons. The fourth-order valence-electron chi connectivity index (χ4n) is 3.22. The molecular formula is C16H26Cl2N2O. The van der Waals surface area contributed by atoms with E-state index < -0.39 is 0 Å². The maximum Gasteiger partial charge on any atom is 0.122 e. The first-order chi connectivity index (χ1) is 9.31. The van der Waals surface area contributed by atoms with Gasteiger partial charge < -0.3 is 15.4 Å². The lowest BCUT2D eigenvalue weighted by Crippen LogP contribution is -2.42. The van der Waals surface area contributed by atoms with Crippen molar-refractivity contribution in [1.29, 1.82) is 0 Å². The Balaban J connectivity index is 0.00000110. The van der Waals surface area contributed by atoms with Crippen LogP contribution in [0.2, 0.25) is 0 Å². The molecule has 0 aromatic heterocycles. The number of nitrogens with two attached hydrogens (primary N) is 1. The van der Waals surface area contributed by atoms with Crippen LogP contribution in [-0.2, 0) is 6.42 Å². The fourth-order valence-corrected chi connectivity index (χ4v) is 3.22. The molecule has 0 amide bonds. The van der Waals surface area contributed by atoms with Gasteiger partial charge >= 0.3 is 0 Å². The molecule has 1 fully saturated rings. The summed E-state index contributed by atoms with van der Waals surface area (Å²) in [6.45, 7) is 4.39. The van der Waals surface area contributed by atoms with Crippen LogP contribution in [-0.4, -0.2) is 37.2 Å². The highest BCUT2D eigenvalue weighted by molar-refractivity contribution is 5.85. The Kier molecular flexibility index (Phi) is 7.82. The van der Waals surface area contributed by atoms with Crippen LogP contribution in [0.1, 0.15) is 24.8 Å². The standard InChI is InChI=1S/C16H24N2O.2ClH/c17-15-5-8-18(9-6-15)12-13-7-10-19-16-4-2-1-3-14(16)11-13;;/h1-4,13,15H,5-12,17H2;2*1H. The van der Waals surface area contributed by atoms with Gasteiger partial charge in [-0.05, 0) is 56.3 Å². The third kappa shape index (κ3) is 5.03. The van der Waals surface area contributed by atoms with E-state index in [0.29, 0.717) is 6.04 Å². The van der Waals surface area contributed by atoms with E-state index in [0.717, 1.165) is 44.0 Å². The molecule has 0 aliphatic carbocycles. The van der Waals surface area contributed by atoms with Gasteiger partial charge in [-0.2, -0.15) is 0 Å². The largest absolute Gasteiger partial charge is 0.493 e. The summed E-state index contributed by atoms with van der Waals surface area (Å²) in [5, 5.41) is 0. The van der Waals surface area contributed by atoms with Crippen molar-refractivity contribution in [2.45, 2.75) is 31.7 Å². The summed E-state index contributed by atoms with van der Waals surface area (Å²) >= 11 is 0. The van der Waals surface area contributed by atoms with Crippen molar-refractivity contribution in [2.24, 2.45) is 11.7 Å². The monoisotopic (exact) mass is 332 g/mol. The smallest absolute Gasteiger partial charge is 0.122 e. The zero-order valence-corrected chi connectivity index (χ0v) is 14.0. The van der Waals surface area contributed by atoms with Crippen LogP contribution in [0.4, 0.5) is 0 Å². The lowest BCUT2D eigenvalue weighted by molar-refractivity contribution is 0.172. The van der Waals surface area contributed by atoms with Gasteiger partial charge in [0.05, 0.1) is 6.61 Å². The number of halogens is 2. The van der Waals surface area contributed by atoms with E-state index in [4.69, 9.17) is 10.5 Å². The topological polar surface area (TPSA) is 38.5 Å². The second-order valence-electron chi connectivity index (χ2n) is 5.95. The summed E-state index contributed by atoms with van der Waals surface area (Å²) in [6, 6.07) is 8.90. The zero-order chi connectivity index (χ0) is 13.1. The van der Waals surface area contributed by atoms with Crippen LogP contribution in [0, 0.1) is 5.92 Å². The van der Waals surface area contributed by atoms with Crippen molar-refractivity contribution in [1.82, 2.24) is 4.90 Å². The molecule has 0 bridgehead atoms. The van der Waals surface area contributed by atoms with Crippen LogP contribution in [0.3, 0.4) is 0 Å². The summed E-state index contributed by atoms with van der Waals surface area (Å²) in [7, 11) is 0. The maximum absolute atomic E-state index is 5.97. The van der Waals surface area contributed by atoms with E-state index in [2.05, 4.69) is 29.2 Å². The molecule has 2 aliphatic heterocycles. The normalized spacial score (nSPS) is 23.0. The Morgan fingerprint density at radius 1 is 1.10 bits per heavy atom. The number of hydrogen-bond acceptors (Lipinski definition) is 3. The third-order valence-corrected chi connectivity index (χ3v) is 4.41. The third-order valence-electron chi connectivity index (χ3n) is 4.41. The number of para-hydroxylation sites is 1. The first-order valence-corrected chi connectivity index (χ1v) is 7.50. The molecule has 3 rings (SSSR count). The van der Waals surface area contributed by atoms with E-state index in [1.807, 2.05) is 0 Å². The number of likely N-dealkylation sites (tertiary alicyclic amines) is 1. The summed E-state index contributed by atoms with van der Waals surface area (Å²) in [5.74, 6) is 1.81. The van der Waals surface area contributed by atoms with E-state index in [1.54, 1.807) is 0 Å². The van der Waals surface area contributed by atoms with Crippen molar-refractivity contribution in [3.8, 4) is 5.75 Å². The van der Waals surface area contributed by atoms with Crippen LogP contribution >= 0.6 is 24.8 Å². The van der Waals surface area contributed by atoms with Crippen molar-refractivity contribution in [3.05, 3.63) is 29.8 Å². The molecule has 0 spiro atoms. The molecule has 1 atom stereocenters. The SMILES string of the molecule is Cl.Cl.NC1CCN(CC2CCOc3ccccc3C2)CC1. The highest BCUT2D eigenvalue weighted by Crippen LogP contribution is 2.27. The maximum atomic E-state index is 5.97. The van der Waals surface area contributed by atoms with Gasteiger partial charge in [-0.1, -0.05) is 18.2 Å². The number of piperidine rings is 1. The Labute approximate surface area is 140 Å². The minimum atomic E-state index is 0. The Morgan fingerprint density at radius 2 is 1.81 bits per heavy atom. The molecule has 5 heteroatoms. The van der Waals surface area contributed by atoms with E-state index >= 15 is 0 Å². The lowest BCUT2D eigenvalue weighted by Gasteiger charge is -2.32. The first-order valence-electron chi connectivity index (χ1n) is 7.50. The predicted molar refractivity (Wildman–Crippen MR) is 91.9 cm³/mol. The molecule has 3 nitrogen and oxygen atoms in total. The number of ether oxygens (including phenoxy) is 1.